The summed E-state index contributed by atoms with van der Waals surface area (Å²) in [4.78, 5) is 0.0315. The molecule has 17 heavy (non-hydrogen) atoms. The van der Waals surface area contributed by atoms with Gasteiger partial charge in [-0.25, -0.2) is 13.1 Å². The number of nitrogens with two attached hydrogens (primary N) is 1. The van der Waals surface area contributed by atoms with Crippen molar-refractivity contribution in [2.75, 3.05) is 18.9 Å². The Labute approximate surface area is 101 Å². The number of nitrogens with one attached hydrogen (secondary N) is 1. The van der Waals surface area contributed by atoms with E-state index in [1.54, 1.807) is 14.0 Å². The molecule has 0 spiro atoms. The Morgan fingerprint density at radius 2 is 2.12 bits per heavy atom. The van der Waals surface area contributed by atoms with Crippen LogP contribution in [0.2, 0.25) is 0 Å². The van der Waals surface area contributed by atoms with Crippen molar-refractivity contribution in [3.05, 3.63) is 5.69 Å². The lowest BCUT2D eigenvalue weighted by atomic mass is 10.3. The quantitative estimate of drug-likeness (QED) is 0.591. The fourth-order valence-corrected chi connectivity index (χ4v) is 2.86. The van der Waals surface area contributed by atoms with Crippen LogP contribution in [0.25, 0.3) is 0 Å². The Balaban J connectivity index is 2.83. The summed E-state index contributed by atoms with van der Waals surface area (Å²) in [6.07, 6.45) is 1.14. The first-order valence-electron chi connectivity index (χ1n) is 5.29. The first-order valence-corrected chi connectivity index (χ1v) is 6.78. The number of aryl methyl sites for hydroxylation is 1. The highest BCUT2D eigenvalue weighted by Crippen LogP contribution is 2.20. The van der Waals surface area contributed by atoms with E-state index < -0.39 is 10.0 Å². The summed E-state index contributed by atoms with van der Waals surface area (Å²) >= 11 is 0. The van der Waals surface area contributed by atoms with Crippen molar-refractivity contribution in [3.63, 3.8) is 0 Å². The summed E-state index contributed by atoms with van der Waals surface area (Å²) in [5.41, 5.74) is 6.07. The fourth-order valence-electron chi connectivity index (χ4n) is 1.46. The Kier molecular flexibility index (Phi) is 4.49. The minimum atomic E-state index is -3.62. The highest BCUT2D eigenvalue weighted by atomic mass is 32.2. The number of nitrogen functional groups attached to an aromatic ring is 1. The van der Waals surface area contributed by atoms with Crippen molar-refractivity contribution in [2.24, 2.45) is 7.05 Å². The number of rotatable bonds is 6. The molecule has 0 aliphatic carbocycles. The van der Waals surface area contributed by atoms with E-state index in [-0.39, 0.29) is 23.9 Å². The van der Waals surface area contributed by atoms with Gasteiger partial charge in [0.1, 0.15) is 4.90 Å². The van der Waals surface area contributed by atoms with Crippen molar-refractivity contribution >= 4 is 15.8 Å². The number of sulfonamides is 1. The van der Waals surface area contributed by atoms with Gasteiger partial charge in [0.25, 0.3) is 0 Å². The molecule has 0 radical (unpaired) electrons. The van der Waals surface area contributed by atoms with Crippen molar-refractivity contribution in [1.29, 1.82) is 0 Å². The van der Waals surface area contributed by atoms with Crippen LogP contribution in [-0.2, 0) is 17.1 Å². The molecule has 0 unspecified atom stereocenters. The van der Waals surface area contributed by atoms with E-state index in [2.05, 4.69) is 9.82 Å². The molecule has 98 valence electrons. The molecule has 0 aliphatic rings. The smallest absolute Gasteiger partial charge is 0.246 e. The molecule has 1 aromatic rings. The summed E-state index contributed by atoms with van der Waals surface area (Å²) in [5.74, 6) is -0.000316. The Morgan fingerprint density at radius 1 is 1.47 bits per heavy atom. The van der Waals surface area contributed by atoms with Crippen LogP contribution in [0.3, 0.4) is 0 Å². The number of hydrogen-bond donors (Lipinski definition) is 3. The molecule has 0 saturated carbocycles. The van der Waals surface area contributed by atoms with Crippen LogP contribution < -0.4 is 10.5 Å². The molecule has 0 amide bonds. The van der Waals surface area contributed by atoms with E-state index in [0.29, 0.717) is 18.5 Å². The lowest BCUT2D eigenvalue weighted by Crippen LogP contribution is -2.26. The molecule has 0 aliphatic heterocycles. The van der Waals surface area contributed by atoms with Crippen LogP contribution in [0.15, 0.2) is 4.90 Å². The monoisotopic (exact) mass is 262 g/mol. The van der Waals surface area contributed by atoms with Gasteiger partial charge in [0, 0.05) is 20.2 Å². The normalized spacial score (nSPS) is 11.9. The maximum atomic E-state index is 11.9. The molecule has 0 fully saturated rings. The second-order valence-electron chi connectivity index (χ2n) is 3.75. The summed E-state index contributed by atoms with van der Waals surface area (Å²) in [7, 11) is -1.99. The van der Waals surface area contributed by atoms with Gasteiger partial charge in [-0.15, -0.1) is 0 Å². The number of anilines is 1. The molecule has 0 aromatic carbocycles. The number of aliphatic hydroxyl groups is 1. The standard InChI is InChI=1S/C9H18N4O3S/c1-7-8(9(10)12-13(7)2)17(15,16)11-5-3-4-6-14/h11,14H,3-6H2,1-2H3,(H2,10,12). The van der Waals surface area contributed by atoms with Gasteiger partial charge in [-0.05, 0) is 19.8 Å². The minimum Gasteiger partial charge on any atom is -0.396 e. The Morgan fingerprint density at radius 3 is 2.59 bits per heavy atom. The topological polar surface area (TPSA) is 110 Å². The number of aromatic nitrogens is 2. The summed E-state index contributed by atoms with van der Waals surface area (Å²) in [6, 6.07) is 0. The van der Waals surface area contributed by atoms with Crippen molar-refractivity contribution in [1.82, 2.24) is 14.5 Å². The van der Waals surface area contributed by atoms with Crippen LogP contribution in [0, 0.1) is 6.92 Å². The first-order chi connectivity index (χ1) is 7.90. The maximum Gasteiger partial charge on any atom is 0.246 e. The molecule has 7 nitrogen and oxygen atoms in total. The van der Waals surface area contributed by atoms with Crippen LogP contribution in [0.4, 0.5) is 5.82 Å². The molecule has 0 atom stereocenters. The van der Waals surface area contributed by atoms with E-state index >= 15 is 0 Å². The van der Waals surface area contributed by atoms with Crippen molar-refractivity contribution < 1.29 is 13.5 Å². The lowest BCUT2D eigenvalue weighted by molar-refractivity contribution is 0.285. The van der Waals surface area contributed by atoms with E-state index in [9.17, 15) is 8.42 Å². The zero-order chi connectivity index (χ0) is 13.1. The van der Waals surface area contributed by atoms with Gasteiger partial charge in [0.15, 0.2) is 5.82 Å². The van der Waals surface area contributed by atoms with Gasteiger partial charge in [0.2, 0.25) is 10.0 Å². The van der Waals surface area contributed by atoms with E-state index in [4.69, 9.17) is 10.8 Å². The molecule has 1 heterocycles. The van der Waals surface area contributed by atoms with Gasteiger partial charge in [-0.2, -0.15) is 5.10 Å². The third kappa shape index (κ3) is 3.18. The highest BCUT2D eigenvalue weighted by molar-refractivity contribution is 7.89. The number of hydrogen-bond acceptors (Lipinski definition) is 5. The van der Waals surface area contributed by atoms with Gasteiger partial charge >= 0.3 is 0 Å². The maximum absolute atomic E-state index is 11.9. The molecular formula is C9H18N4O3S. The SMILES string of the molecule is Cc1c(S(=O)(=O)NCCCCO)c(N)nn1C. The number of aliphatic hydroxyl groups excluding tert-OH is 1. The van der Waals surface area contributed by atoms with Gasteiger partial charge in [0.05, 0.1) is 5.69 Å². The first kappa shape index (κ1) is 13.9. The lowest BCUT2D eigenvalue weighted by Gasteiger charge is -2.06. The largest absolute Gasteiger partial charge is 0.396 e. The third-order valence-electron chi connectivity index (χ3n) is 2.45. The average Bonchev–Trinajstić information content (AvgIpc) is 2.48. The number of unbranched alkanes of at least 4 members (excludes halogenated alkanes) is 1. The van der Waals surface area contributed by atoms with Crippen LogP contribution in [0.1, 0.15) is 18.5 Å². The molecule has 1 aromatic heterocycles. The van der Waals surface area contributed by atoms with Crippen LogP contribution in [-0.4, -0.2) is 36.5 Å². The summed E-state index contributed by atoms with van der Waals surface area (Å²) < 4.78 is 27.7. The zero-order valence-electron chi connectivity index (χ0n) is 9.97. The second kappa shape index (κ2) is 5.48. The van der Waals surface area contributed by atoms with Crippen LogP contribution in [0.5, 0.6) is 0 Å². The Hall–Kier alpha value is -1.12. The van der Waals surface area contributed by atoms with E-state index in [1.807, 2.05) is 0 Å². The summed E-state index contributed by atoms with van der Waals surface area (Å²) in [5, 5.41) is 12.5. The van der Waals surface area contributed by atoms with Crippen molar-refractivity contribution in [3.8, 4) is 0 Å². The molecule has 1 rings (SSSR count). The molecular weight excluding hydrogens is 244 g/mol. The predicted octanol–water partition coefficient (Wildman–Crippen LogP) is -0.638. The van der Waals surface area contributed by atoms with Crippen LogP contribution >= 0.6 is 0 Å². The van der Waals surface area contributed by atoms with Gasteiger partial charge in [-0.3, -0.25) is 4.68 Å². The molecule has 4 N–H and O–H groups in total. The molecule has 0 saturated heterocycles. The summed E-state index contributed by atoms with van der Waals surface area (Å²) in [6.45, 7) is 1.97. The predicted molar refractivity (Wildman–Crippen MR) is 63.9 cm³/mol. The molecule has 8 heteroatoms. The van der Waals surface area contributed by atoms with Crippen molar-refractivity contribution in [2.45, 2.75) is 24.7 Å². The van der Waals surface area contributed by atoms with E-state index in [1.165, 1.54) is 4.68 Å². The Bertz CT molecular complexity index is 481. The van der Waals surface area contributed by atoms with Gasteiger partial charge < -0.3 is 10.8 Å². The minimum absolute atomic E-state index is 0.000316. The van der Waals surface area contributed by atoms with Gasteiger partial charge in [-0.1, -0.05) is 0 Å². The zero-order valence-corrected chi connectivity index (χ0v) is 10.8. The fraction of sp³-hybridized carbons (Fsp3) is 0.667. The average molecular weight is 262 g/mol. The highest BCUT2D eigenvalue weighted by Gasteiger charge is 2.23. The number of nitrogens with zero attached hydrogens (tertiary/aromatic N) is 2. The second-order valence-corrected chi connectivity index (χ2v) is 5.46. The molecule has 0 bridgehead atoms. The van der Waals surface area contributed by atoms with E-state index in [0.717, 1.165) is 0 Å². The third-order valence-corrected chi connectivity index (χ3v) is 4.08.